The first-order valence-electron chi connectivity index (χ1n) is 49.5. The highest BCUT2D eigenvalue weighted by Gasteiger charge is 2.57. The van der Waals surface area contributed by atoms with Crippen LogP contribution < -0.4 is 55.0 Å². The minimum atomic E-state index is -4.81. The molecule has 13 aliphatic heterocycles. The van der Waals surface area contributed by atoms with Gasteiger partial charge in [0.1, 0.15) is 42.4 Å². The van der Waals surface area contributed by atoms with Gasteiger partial charge in [-0.3, -0.25) is 85.1 Å². The molecule has 21 atom stereocenters. The third kappa shape index (κ3) is 31.8. The molecule has 0 radical (unpaired) electrons. The van der Waals surface area contributed by atoms with E-state index >= 15 is 0 Å². The second-order valence-electron chi connectivity index (χ2n) is 39.7. The van der Waals surface area contributed by atoms with Crippen molar-refractivity contribution in [2.24, 2.45) is 17.4 Å². The van der Waals surface area contributed by atoms with Crippen molar-refractivity contribution in [1.82, 2.24) is 108 Å². The highest BCUT2D eigenvalue weighted by molar-refractivity contribution is 7.82. The molecule has 18 rings (SSSR count). The molecule has 71 heteroatoms. The van der Waals surface area contributed by atoms with E-state index in [-0.39, 0.29) is 88.0 Å². The Kier molecular flexibility index (Phi) is 40.1. The van der Waals surface area contributed by atoms with E-state index in [2.05, 4.69) is 81.0 Å². The Bertz CT molecular complexity index is 5540. The fourth-order valence-corrected chi connectivity index (χ4v) is 24.0. The quantitative estimate of drug-likeness (QED) is 0.0226. The van der Waals surface area contributed by atoms with E-state index in [0.29, 0.717) is 138 Å². The molecule has 18 fully saturated rings. The normalized spacial score (nSPS) is 32.1. The summed E-state index contributed by atoms with van der Waals surface area (Å²) >= 11 is 0. The monoisotopic (exact) mass is 2270 g/mol. The number of nitrogens with one attached hydrogen (secondary N) is 8. The van der Waals surface area contributed by atoms with Gasteiger partial charge in [0.15, 0.2) is 0 Å². The third-order valence-electron chi connectivity index (χ3n) is 29.4. The van der Waals surface area contributed by atoms with Crippen molar-refractivity contribution in [3.05, 3.63) is 0 Å². The smallest absolute Gasteiger partial charge is 0.328 e. The predicted octanol–water partition coefficient (Wildman–Crippen LogP) is -3.28. The first-order valence-corrected chi connectivity index (χ1v) is 57.7. The molecule has 18 N–H and O–H groups in total. The lowest BCUT2D eigenvalue weighted by Crippen LogP contribution is -2.51. The van der Waals surface area contributed by atoms with E-state index in [1.54, 1.807) is 0 Å². The lowest BCUT2D eigenvalue weighted by Gasteiger charge is -2.33. The highest BCUT2D eigenvalue weighted by atomic mass is 32.3. The zero-order valence-electron chi connectivity index (χ0n) is 82.4. The summed E-state index contributed by atoms with van der Waals surface area (Å²) < 4.78 is 209. The van der Waals surface area contributed by atoms with Crippen LogP contribution in [-0.4, -0.2) is 421 Å². The van der Waals surface area contributed by atoms with Crippen molar-refractivity contribution in [3.8, 4) is 0 Å². The van der Waals surface area contributed by atoms with Gasteiger partial charge < -0.3 is 56.4 Å². The Labute approximate surface area is 864 Å². The van der Waals surface area contributed by atoms with E-state index < -0.39 is 207 Å². The van der Waals surface area contributed by atoms with Crippen molar-refractivity contribution in [3.63, 3.8) is 0 Å². The van der Waals surface area contributed by atoms with Gasteiger partial charge in [-0.15, -0.1) is 25.7 Å². The molecule has 852 valence electrons. The summed E-state index contributed by atoms with van der Waals surface area (Å²) in [6.45, 7) is 4.49. The van der Waals surface area contributed by atoms with Gasteiger partial charge in [0.2, 0.25) is 0 Å². The number of urea groups is 6. The average Bonchev–Trinajstić information content (AvgIpc) is 1.65. The minimum Gasteiger partial charge on any atom is -0.328 e. The SMILES string of the molecule is CCC1CCCC(ONC(=O)[C@@H]2CC[C@@H]3CN2C(=O)N3OS(=O)(=O)O)C1.CN(C)C1CCC(ONC(=O)[C@@H]2CC[C@@H]3CN2C(=O)N3OS(=O)(=O)O)CC1.CNC1CCC(ONC(=O)[C@@H]2CC[C@@H]3CN2C(=O)N3OS(=O)(=O)O)C1.NC1CCCC(ONC(=O)[C@@H]2CC[C@@H]3CN2C(=O)N3OS(=O)(=O)O)C1.NC1CCCC1ONC(=O)[C@@H]1CC[C@@H]2CN1C(=O)N2OS(=O)(=O)O.O=C(NOC1CCNC1)[C@@H]1CC[C@@H]2CN1C(=O)N2OS(=O)(=O)O. The summed E-state index contributed by atoms with van der Waals surface area (Å²) in [5, 5.41) is 9.90. The number of hydrogen-bond donors (Lipinski definition) is 16. The Morgan fingerprint density at radius 1 is 0.333 bits per heavy atom. The molecular weight excluding hydrogens is 2140 g/mol. The molecule has 13 heterocycles. The van der Waals surface area contributed by atoms with Gasteiger partial charge in [-0.25, -0.2) is 61.6 Å². The number of hydrogen-bond acceptors (Lipinski definition) is 41. The number of nitrogens with two attached hydrogens (primary N) is 2. The molecule has 12 bridgehead atoms. The summed E-state index contributed by atoms with van der Waals surface area (Å²) in [4.78, 5) is 190. The number of rotatable bonds is 33. The van der Waals surface area contributed by atoms with Gasteiger partial charge in [0.05, 0.1) is 66.8 Å². The number of carbonyl (C=O) groups excluding carboxylic acids is 12. The topological polar surface area (TPSA) is 832 Å². The maximum Gasteiger partial charge on any atom is 0.418 e. The van der Waals surface area contributed by atoms with Gasteiger partial charge in [-0.1, -0.05) is 26.2 Å². The van der Waals surface area contributed by atoms with Crippen molar-refractivity contribution < 1.29 is 190 Å². The second kappa shape index (κ2) is 50.8. The van der Waals surface area contributed by atoms with Gasteiger partial charge >= 0.3 is 98.6 Å². The molecule has 150 heavy (non-hydrogen) atoms. The number of nitrogens with zero attached hydrogens (tertiary/aromatic N) is 13. The van der Waals surface area contributed by atoms with Gasteiger partial charge in [0.25, 0.3) is 35.4 Å². The average molecular weight is 2270 g/mol. The highest BCUT2D eigenvalue weighted by Crippen LogP contribution is 2.40. The standard InChI is InChI=1S/C15H26N4O7S.C15H25N3O7S.2C13H22N4O7S.C12H20N4O7S.C11H18N4O7S/c1-17(2)10-3-6-12(7-4-10)25-16-14(20)13-8-5-11-9-18(13)15(21)19(11)26-27(22,23)24;1-2-10-4-3-5-12(8-10)24-16-14(19)13-7-6-11-9-17(13)15(20)18(11)25-26(21,22)23;1-14-8-2-4-10(6-8)23-15-12(18)11-5-3-9-7-16(11)13(19)17(9)24-25(20,21)22;14-8-2-1-3-10(6-8)23-15-12(18)11-5-4-9-7-16(11)13(19)17(9)24-25(20,21)22;13-8-2-1-3-10(8)22-14-11(17)9-5-4-7-6-15(9)12(18)16(7)23-24(19,20)21;16-10(13-21-8-3-4-12-5-8)9-2-1-7-6-14(9)11(17)15(7)22-23(18,19)20/h10-13H,3-9H2,1-2H3,(H,16,20)(H,22,23,24);10-13H,2-9H2,1H3,(H,16,19)(H,21,22,23);8-11,14H,2-7H2,1H3,(H,15,18)(H,20,21,22);8-11H,1-7,14H2,(H,15,18)(H,20,21,22);7-10H,1-6,13H2,(H,14,17)(H,19,20,21);7-9,12H,1-6H2,(H,13,16)(H,18,19,20)/t2*10?,11-,12?,13+;2*8?,9-,10?,11+;7-,8?,9+,10?;7-,8?,9+/m111111/s1. The first-order chi connectivity index (χ1) is 70.6. The zero-order chi connectivity index (χ0) is 109. The molecule has 13 saturated heterocycles. The summed E-state index contributed by atoms with van der Waals surface area (Å²) in [5.74, 6) is -2.14. The van der Waals surface area contributed by atoms with Crippen molar-refractivity contribution in [2.75, 3.05) is 73.5 Å². The summed E-state index contributed by atoms with van der Waals surface area (Å²) in [6.07, 6.45) is 21.7. The van der Waals surface area contributed by atoms with Crippen molar-refractivity contribution in [2.45, 2.75) is 346 Å². The Morgan fingerprint density at radius 2 is 0.613 bits per heavy atom. The fourth-order valence-electron chi connectivity index (χ4n) is 21.7. The van der Waals surface area contributed by atoms with Gasteiger partial charge in [-0.05, 0) is 220 Å². The van der Waals surface area contributed by atoms with E-state index in [1.807, 2.05) is 21.1 Å². The summed E-state index contributed by atoms with van der Waals surface area (Å²) in [5.41, 5.74) is 26.2. The lowest BCUT2D eigenvalue weighted by molar-refractivity contribution is -0.146. The number of amides is 18. The molecular formula is C79H133N23O42S6. The number of carbonyl (C=O) groups is 12. The Balaban J connectivity index is 0.000000150. The van der Waals surface area contributed by atoms with Crippen LogP contribution in [0.5, 0.6) is 0 Å². The second-order valence-corrected chi connectivity index (χ2v) is 45.8. The molecule has 0 aromatic heterocycles. The zero-order valence-corrected chi connectivity index (χ0v) is 87.3. The minimum absolute atomic E-state index is 0.0253. The van der Waals surface area contributed by atoms with Crippen LogP contribution in [0.3, 0.4) is 0 Å². The first kappa shape index (κ1) is 118. The molecule has 0 spiro atoms. The van der Waals surface area contributed by atoms with Crippen LogP contribution in [0.25, 0.3) is 0 Å². The molecule has 0 aromatic carbocycles. The largest absolute Gasteiger partial charge is 0.418 e. The van der Waals surface area contributed by atoms with Crippen LogP contribution in [-0.2, 0) is 146 Å². The lowest BCUT2D eigenvalue weighted by atomic mass is 9.86. The predicted molar refractivity (Wildman–Crippen MR) is 499 cm³/mol. The maximum atomic E-state index is 12.5. The fraction of sp³-hybridized carbons (Fsp3) is 0.848. The van der Waals surface area contributed by atoms with Crippen LogP contribution in [0.15, 0.2) is 0 Å². The maximum absolute atomic E-state index is 12.5. The van der Waals surface area contributed by atoms with Crippen LogP contribution in [0.1, 0.15) is 212 Å². The Hall–Kier alpha value is -8.78. The molecule has 5 aliphatic carbocycles. The summed E-state index contributed by atoms with van der Waals surface area (Å²) in [7, 11) is -22.8. The molecule has 5 saturated carbocycles. The number of fused-ring (bicyclic) bond motifs is 12. The molecule has 18 amide bonds. The van der Waals surface area contributed by atoms with Gasteiger partial charge in [-0.2, -0.15) is 80.9 Å². The molecule has 65 nitrogen and oxygen atoms in total. The van der Waals surface area contributed by atoms with Crippen LogP contribution in [0, 0.1) is 5.92 Å². The van der Waals surface area contributed by atoms with Crippen molar-refractivity contribution in [1.29, 1.82) is 0 Å². The van der Waals surface area contributed by atoms with E-state index in [4.69, 9.17) is 67.8 Å². The number of piperidine rings is 6. The summed E-state index contributed by atoms with van der Waals surface area (Å²) in [6, 6.07) is -11.6. The molecule has 0 aromatic rings. The van der Waals surface area contributed by atoms with Crippen LogP contribution >= 0.6 is 0 Å². The van der Waals surface area contributed by atoms with E-state index in [9.17, 15) is 108 Å². The van der Waals surface area contributed by atoms with Crippen LogP contribution in [0.4, 0.5) is 28.8 Å². The van der Waals surface area contributed by atoms with E-state index in [1.165, 1.54) is 35.8 Å². The van der Waals surface area contributed by atoms with E-state index in [0.717, 1.165) is 122 Å². The van der Waals surface area contributed by atoms with Gasteiger partial charge in [0, 0.05) is 70.0 Å². The molecule has 9 unspecified atom stereocenters. The van der Waals surface area contributed by atoms with Crippen molar-refractivity contribution >= 4 is 134 Å². The van der Waals surface area contributed by atoms with Crippen LogP contribution in [0.2, 0.25) is 0 Å². The number of hydroxylamine groups is 18. The Morgan fingerprint density at radius 3 is 0.880 bits per heavy atom. The third-order valence-corrected chi connectivity index (χ3v) is 31.5. The molecule has 18 aliphatic rings.